The molecule has 0 unspecified atom stereocenters. The van der Waals surface area contributed by atoms with Crippen molar-refractivity contribution in [3.05, 3.63) is 36.0 Å². The first-order valence-electron chi connectivity index (χ1n) is 6.48. The molecule has 2 heterocycles. The highest BCUT2D eigenvalue weighted by Crippen LogP contribution is 2.31. The van der Waals surface area contributed by atoms with Gasteiger partial charge < -0.3 is 10.3 Å². The maximum Gasteiger partial charge on any atom is 0.121 e. The topological polar surface area (TPSA) is 48.8 Å². The smallest absolute Gasteiger partial charge is 0.121 e. The van der Waals surface area contributed by atoms with Crippen molar-refractivity contribution in [1.82, 2.24) is 14.3 Å². The number of nitrogens with two attached hydrogens (primary N) is 1. The Morgan fingerprint density at radius 3 is 2.63 bits per heavy atom. The molecule has 0 bridgehead atoms. The second-order valence-corrected chi connectivity index (χ2v) is 4.94. The lowest BCUT2D eigenvalue weighted by atomic mass is 10.1. The highest BCUT2D eigenvalue weighted by molar-refractivity contribution is 5.95. The van der Waals surface area contributed by atoms with E-state index in [2.05, 4.69) is 48.0 Å². The van der Waals surface area contributed by atoms with Crippen LogP contribution in [0.25, 0.3) is 22.2 Å². The van der Waals surface area contributed by atoms with Crippen molar-refractivity contribution >= 4 is 16.7 Å². The number of hydrogen-bond acceptors (Lipinski definition) is 2. The molecule has 0 aliphatic heterocycles. The normalized spacial score (nSPS) is 11.3. The summed E-state index contributed by atoms with van der Waals surface area (Å²) in [5, 5.41) is 5.71. The van der Waals surface area contributed by atoms with E-state index in [0.29, 0.717) is 5.82 Å². The first kappa shape index (κ1) is 11.8. The molecule has 3 aromatic rings. The fraction of sp³-hybridized carbons (Fsp3) is 0.267. The highest BCUT2D eigenvalue weighted by Gasteiger charge is 2.12. The lowest BCUT2D eigenvalue weighted by Crippen LogP contribution is -1.96. The van der Waals surface area contributed by atoms with Crippen molar-refractivity contribution in [1.29, 1.82) is 0 Å². The average molecular weight is 254 g/mol. The van der Waals surface area contributed by atoms with Crippen molar-refractivity contribution < 1.29 is 0 Å². The van der Waals surface area contributed by atoms with Crippen LogP contribution in [0.4, 0.5) is 5.82 Å². The molecule has 2 aromatic heterocycles. The molecular weight excluding hydrogens is 236 g/mol. The van der Waals surface area contributed by atoms with Gasteiger partial charge in [0.05, 0.1) is 5.69 Å². The zero-order chi connectivity index (χ0) is 13.6. The van der Waals surface area contributed by atoms with E-state index in [0.717, 1.165) is 17.7 Å². The maximum absolute atomic E-state index is 5.88. The number of fused-ring (bicyclic) bond motifs is 1. The largest absolute Gasteiger partial charge is 0.384 e. The number of hydrogen-bond donors (Lipinski definition) is 1. The fourth-order valence-corrected chi connectivity index (χ4v) is 2.48. The molecule has 0 amide bonds. The number of aryl methyl sites for hydroxylation is 3. The van der Waals surface area contributed by atoms with Crippen molar-refractivity contribution in [2.75, 3.05) is 5.73 Å². The Labute approximate surface area is 112 Å². The molecule has 19 heavy (non-hydrogen) atoms. The van der Waals surface area contributed by atoms with E-state index in [1.807, 2.05) is 13.1 Å². The summed E-state index contributed by atoms with van der Waals surface area (Å²) in [5.41, 5.74) is 10.5. The number of nitrogen functional groups attached to an aromatic ring is 1. The van der Waals surface area contributed by atoms with Crippen LogP contribution in [-0.2, 0) is 20.5 Å². The minimum atomic E-state index is 0.679. The molecule has 4 nitrogen and oxygen atoms in total. The van der Waals surface area contributed by atoms with Crippen LogP contribution >= 0.6 is 0 Å². The zero-order valence-electron chi connectivity index (χ0n) is 11.5. The van der Waals surface area contributed by atoms with E-state index in [9.17, 15) is 0 Å². The summed E-state index contributed by atoms with van der Waals surface area (Å²) >= 11 is 0. The van der Waals surface area contributed by atoms with Crippen molar-refractivity contribution in [2.45, 2.75) is 13.3 Å². The Morgan fingerprint density at radius 1 is 1.21 bits per heavy atom. The Hall–Kier alpha value is -2.23. The summed E-state index contributed by atoms with van der Waals surface area (Å²) in [6.07, 6.45) is 3.15. The second kappa shape index (κ2) is 4.16. The summed E-state index contributed by atoms with van der Waals surface area (Å²) in [4.78, 5) is 0. The SMILES string of the molecule is CCc1ccc2c(c1)c(-c1cc(N)n(C)n1)cn2C. The number of benzene rings is 1. The molecule has 1 aromatic carbocycles. The molecule has 98 valence electrons. The predicted octanol–water partition coefficient (Wildman–Crippen LogP) is 2.72. The van der Waals surface area contributed by atoms with Gasteiger partial charge in [-0.15, -0.1) is 0 Å². The number of anilines is 1. The van der Waals surface area contributed by atoms with Crippen molar-refractivity contribution in [2.24, 2.45) is 14.1 Å². The quantitative estimate of drug-likeness (QED) is 0.764. The van der Waals surface area contributed by atoms with Gasteiger partial charge in [-0.3, -0.25) is 4.68 Å². The molecule has 2 N–H and O–H groups in total. The molecule has 0 radical (unpaired) electrons. The summed E-state index contributed by atoms with van der Waals surface area (Å²) < 4.78 is 3.84. The Kier molecular flexibility index (Phi) is 2.59. The second-order valence-electron chi connectivity index (χ2n) is 4.94. The van der Waals surface area contributed by atoms with Gasteiger partial charge in [0.2, 0.25) is 0 Å². The fourth-order valence-electron chi connectivity index (χ4n) is 2.48. The summed E-state index contributed by atoms with van der Waals surface area (Å²) in [6, 6.07) is 8.52. The Morgan fingerprint density at radius 2 is 2.00 bits per heavy atom. The van der Waals surface area contributed by atoms with Crippen LogP contribution in [0.2, 0.25) is 0 Å². The van der Waals surface area contributed by atoms with Crippen LogP contribution < -0.4 is 5.73 Å². The minimum absolute atomic E-state index is 0.679. The lowest BCUT2D eigenvalue weighted by Gasteiger charge is -2.00. The molecule has 0 aliphatic rings. The van der Waals surface area contributed by atoms with Gasteiger partial charge in [-0.05, 0) is 24.1 Å². The predicted molar refractivity (Wildman–Crippen MR) is 78.9 cm³/mol. The van der Waals surface area contributed by atoms with Gasteiger partial charge in [0.1, 0.15) is 5.82 Å². The van der Waals surface area contributed by atoms with Gasteiger partial charge in [-0.25, -0.2) is 0 Å². The molecule has 0 aliphatic carbocycles. The Balaban J connectivity index is 2.28. The molecule has 3 rings (SSSR count). The first-order valence-corrected chi connectivity index (χ1v) is 6.48. The maximum atomic E-state index is 5.88. The molecule has 4 heteroatoms. The molecule has 0 saturated heterocycles. The lowest BCUT2D eigenvalue weighted by molar-refractivity contribution is 0.782. The van der Waals surface area contributed by atoms with Crippen molar-refractivity contribution in [3.63, 3.8) is 0 Å². The monoisotopic (exact) mass is 254 g/mol. The Bertz CT molecular complexity index is 729. The van der Waals surface area contributed by atoms with Crippen LogP contribution in [0.15, 0.2) is 30.5 Å². The summed E-state index contributed by atoms with van der Waals surface area (Å²) in [6.45, 7) is 2.17. The van der Waals surface area contributed by atoms with E-state index >= 15 is 0 Å². The summed E-state index contributed by atoms with van der Waals surface area (Å²) in [5.74, 6) is 0.679. The third kappa shape index (κ3) is 1.80. The van der Waals surface area contributed by atoms with E-state index < -0.39 is 0 Å². The van der Waals surface area contributed by atoms with Crippen LogP contribution in [0, 0.1) is 0 Å². The third-order valence-corrected chi connectivity index (χ3v) is 3.65. The van der Waals surface area contributed by atoms with Crippen LogP contribution in [0.5, 0.6) is 0 Å². The highest BCUT2D eigenvalue weighted by atomic mass is 15.3. The van der Waals surface area contributed by atoms with Crippen molar-refractivity contribution in [3.8, 4) is 11.3 Å². The van der Waals surface area contributed by atoms with Gasteiger partial charge in [0, 0.05) is 42.8 Å². The van der Waals surface area contributed by atoms with Crippen LogP contribution in [0.3, 0.4) is 0 Å². The first-order chi connectivity index (χ1) is 9.10. The minimum Gasteiger partial charge on any atom is -0.384 e. The van der Waals surface area contributed by atoms with Gasteiger partial charge in [-0.1, -0.05) is 13.0 Å². The summed E-state index contributed by atoms with van der Waals surface area (Å²) in [7, 11) is 3.92. The number of rotatable bonds is 2. The van der Waals surface area contributed by atoms with Gasteiger partial charge in [0.25, 0.3) is 0 Å². The molecule has 0 saturated carbocycles. The molecule has 0 atom stereocenters. The zero-order valence-corrected chi connectivity index (χ0v) is 11.5. The molecule has 0 spiro atoms. The van der Waals surface area contributed by atoms with Gasteiger partial charge in [-0.2, -0.15) is 5.10 Å². The van der Waals surface area contributed by atoms with E-state index in [1.54, 1.807) is 4.68 Å². The average Bonchev–Trinajstić information content (AvgIpc) is 2.91. The van der Waals surface area contributed by atoms with E-state index in [-0.39, 0.29) is 0 Å². The standard InChI is InChI=1S/C15H18N4/c1-4-10-5-6-14-11(7-10)12(9-18(14)2)13-8-15(16)19(3)17-13/h5-9H,4,16H2,1-3H3. The molecule has 0 fully saturated rings. The van der Waals surface area contributed by atoms with Gasteiger partial charge in [0.15, 0.2) is 0 Å². The van der Waals surface area contributed by atoms with Gasteiger partial charge >= 0.3 is 0 Å². The van der Waals surface area contributed by atoms with E-state index in [4.69, 9.17) is 5.73 Å². The third-order valence-electron chi connectivity index (χ3n) is 3.65. The molecular formula is C15H18N4. The number of aromatic nitrogens is 3. The van der Waals surface area contributed by atoms with E-state index in [1.165, 1.54) is 16.5 Å². The number of nitrogens with zero attached hydrogens (tertiary/aromatic N) is 3. The van der Waals surface area contributed by atoms with Crippen LogP contribution in [-0.4, -0.2) is 14.3 Å². The van der Waals surface area contributed by atoms with Crippen LogP contribution in [0.1, 0.15) is 12.5 Å².